The summed E-state index contributed by atoms with van der Waals surface area (Å²) in [6, 6.07) is 6.88. The number of nitrogens with zero attached hydrogens (tertiary/aromatic N) is 3. The second-order valence-corrected chi connectivity index (χ2v) is 10.3. The van der Waals surface area contributed by atoms with Gasteiger partial charge in [-0.1, -0.05) is 12.1 Å². The summed E-state index contributed by atoms with van der Waals surface area (Å²) in [6.07, 6.45) is 4.58. The van der Waals surface area contributed by atoms with Gasteiger partial charge in [0, 0.05) is 17.7 Å². The Bertz CT molecular complexity index is 997. The summed E-state index contributed by atoms with van der Waals surface area (Å²) in [5.41, 5.74) is 0.147. The minimum absolute atomic E-state index is 0.184. The molecule has 1 aromatic heterocycles. The van der Waals surface area contributed by atoms with Gasteiger partial charge in [0.15, 0.2) is 15.5 Å². The molecule has 0 saturated carbocycles. The molecule has 0 N–H and O–H groups in total. The zero-order valence-corrected chi connectivity index (χ0v) is 16.0. The Kier molecular flexibility index (Phi) is 4.58. The highest BCUT2D eigenvalue weighted by atomic mass is 32.2. The summed E-state index contributed by atoms with van der Waals surface area (Å²) in [7, 11) is -4.62. The van der Waals surface area contributed by atoms with E-state index >= 15 is 0 Å². The zero-order chi connectivity index (χ0) is 17.5. The van der Waals surface area contributed by atoms with E-state index in [2.05, 4.69) is 9.98 Å². The lowest BCUT2D eigenvalue weighted by Gasteiger charge is -2.20. The Labute approximate surface area is 147 Å². The standard InChI is InChI=1S/C15H17N3O3S3/c1-4-18-9-16-13-12(14(18)19)17-15(22-2)23(13)10-7-5-6-8-11(10)24(3,20)21/h5-9,23H,4H2,1-3H3. The third-order valence-electron chi connectivity index (χ3n) is 3.63. The van der Waals surface area contributed by atoms with Gasteiger partial charge in [0.2, 0.25) is 0 Å². The Morgan fingerprint density at radius 3 is 2.62 bits per heavy atom. The molecule has 2 aromatic rings. The molecular weight excluding hydrogens is 366 g/mol. The molecule has 0 fully saturated rings. The molecular formula is C15H17N3O3S3. The number of fused-ring (bicyclic) bond motifs is 1. The number of aryl methyl sites for hydroxylation is 1. The fourth-order valence-corrected chi connectivity index (χ4v) is 7.38. The maximum Gasteiger partial charge on any atom is 0.280 e. The quantitative estimate of drug-likeness (QED) is 0.650. The summed E-state index contributed by atoms with van der Waals surface area (Å²) in [5, 5.41) is 0.583. The molecule has 0 aliphatic carbocycles. The van der Waals surface area contributed by atoms with Crippen molar-refractivity contribution in [2.45, 2.75) is 28.3 Å². The van der Waals surface area contributed by atoms with Crippen LogP contribution >= 0.6 is 22.7 Å². The number of benzene rings is 1. The molecule has 1 aromatic carbocycles. The van der Waals surface area contributed by atoms with Gasteiger partial charge >= 0.3 is 0 Å². The normalized spacial score (nSPS) is 18.3. The average Bonchev–Trinajstić information content (AvgIpc) is 2.94. The van der Waals surface area contributed by atoms with Crippen molar-refractivity contribution in [1.82, 2.24) is 9.55 Å². The average molecular weight is 384 g/mol. The van der Waals surface area contributed by atoms with Crippen LogP contribution in [0, 0.1) is 0 Å². The molecule has 0 saturated heterocycles. The Morgan fingerprint density at radius 1 is 1.29 bits per heavy atom. The van der Waals surface area contributed by atoms with Crippen molar-refractivity contribution in [3.63, 3.8) is 0 Å². The highest BCUT2D eigenvalue weighted by molar-refractivity contribution is 8.47. The zero-order valence-electron chi connectivity index (χ0n) is 13.4. The summed E-state index contributed by atoms with van der Waals surface area (Å²) >= 11 is 1.43. The van der Waals surface area contributed by atoms with Crippen molar-refractivity contribution in [1.29, 1.82) is 0 Å². The second-order valence-electron chi connectivity index (χ2n) is 5.18. The maximum absolute atomic E-state index is 12.5. The SMILES string of the molecule is CCn1cnc2c(c1=O)N=C(SC)[SH]2c1ccccc1S(C)(=O)=O. The van der Waals surface area contributed by atoms with Gasteiger partial charge in [-0.3, -0.25) is 9.36 Å². The smallest absolute Gasteiger partial charge is 0.280 e. The molecule has 24 heavy (non-hydrogen) atoms. The lowest BCUT2D eigenvalue weighted by Crippen LogP contribution is -2.19. The monoisotopic (exact) mass is 383 g/mol. The van der Waals surface area contributed by atoms with Crippen LogP contribution in [-0.2, 0) is 16.4 Å². The number of aliphatic imine (C=N–C) groups is 1. The first kappa shape index (κ1) is 17.2. The summed E-state index contributed by atoms with van der Waals surface area (Å²) in [5.74, 6) is 0. The fraction of sp³-hybridized carbons (Fsp3) is 0.267. The molecule has 9 heteroatoms. The number of sulfone groups is 1. The van der Waals surface area contributed by atoms with Crippen LogP contribution in [-0.4, -0.2) is 34.9 Å². The van der Waals surface area contributed by atoms with Crippen LogP contribution in [0.3, 0.4) is 0 Å². The van der Waals surface area contributed by atoms with Crippen LogP contribution in [0.5, 0.6) is 0 Å². The Balaban J connectivity index is 2.28. The molecule has 0 amide bonds. The number of hydrogen-bond acceptors (Lipinski definition) is 6. The number of thioether (sulfide) groups is 1. The predicted molar refractivity (Wildman–Crippen MR) is 99.9 cm³/mol. The van der Waals surface area contributed by atoms with E-state index in [1.54, 1.807) is 24.3 Å². The number of rotatable bonds is 3. The predicted octanol–water partition coefficient (Wildman–Crippen LogP) is 2.45. The van der Waals surface area contributed by atoms with E-state index in [0.29, 0.717) is 22.2 Å². The number of aromatic nitrogens is 2. The van der Waals surface area contributed by atoms with Crippen LogP contribution in [0.1, 0.15) is 6.92 Å². The molecule has 0 radical (unpaired) electrons. The molecule has 2 heterocycles. The van der Waals surface area contributed by atoms with E-state index in [9.17, 15) is 13.2 Å². The molecule has 0 spiro atoms. The molecule has 1 unspecified atom stereocenters. The first-order valence-electron chi connectivity index (χ1n) is 7.19. The molecule has 0 bridgehead atoms. The van der Waals surface area contributed by atoms with Crippen LogP contribution in [0.25, 0.3) is 0 Å². The van der Waals surface area contributed by atoms with Crippen molar-refractivity contribution in [3.05, 3.63) is 40.9 Å². The van der Waals surface area contributed by atoms with Crippen molar-refractivity contribution in [2.75, 3.05) is 12.5 Å². The van der Waals surface area contributed by atoms with Crippen LogP contribution < -0.4 is 5.56 Å². The van der Waals surface area contributed by atoms with Gasteiger partial charge in [-0.2, -0.15) is 0 Å². The van der Waals surface area contributed by atoms with Crippen LogP contribution in [0.4, 0.5) is 5.69 Å². The largest absolute Gasteiger partial charge is 0.298 e. The lowest BCUT2D eigenvalue weighted by molar-refractivity contribution is 0.600. The summed E-state index contributed by atoms with van der Waals surface area (Å²) < 4.78 is 26.6. The fourth-order valence-electron chi connectivity index (χ4n) is 2.50. The van der Waals surface area contributed by atoms with Gasteiger partial charge in [-0.15, -0.1) is 22.7 Å². The van der Waals surface area contributed by atoms with Crippen molar-refractivity contribution >= 4 is 42.6 Å². The van der Waals surface area contributed by atoms with E-state index in [1.807, 2.05) is 13.2 Å². The van der Waals surface area contributed by atoms with Gasteiger partial charge in [0.1, 0.15) is 9.40 Å². The molecule has 3 rings (SSSR count). The summed E-state index contributed by atoms with van der Waals surface area (Å²) in [6.45, 7) is 2.38. The van der Waals surface area contributed by atoms with Gasteiger partial charge in [0.05, 0.1) is 11.2 Å². The van der Waals surface area contributed by atoms with Gasteiger partial charge < -0.3 is 0 Å². The Morgan fingerprint density at radius 2 is 2.00 bits per heavy atom. The number of thiol groups is 1. The minimum atomic E-state index is -3.39. The minimum Gasteiger partial charge on any atom is -0.298 e. The van der Waals surface area contributed by atoms with Crippen molar-refractivity contribution in [2.24, 2.45) is 4.99 Å². The van der Waals surface area contributed by atoms with Gasteiger partial charge in [0.25, 0.3) is 5.56 Å². The maximum atomic E-state index is 12.5. The number of hydrogen-bond donors (Lipinski definition) is 1. The highest BCUT2D eigenvalue weighted by Gasteiger charge is 2.32. The Hall–Kier alpha value is -1.58. The van der Waals surface area contributed by atoms with E-state index in [1.165, 1.54) is 28.9 Å². The molecule has 6 nitrogen and oxygen atoms in total. The van der Waals surface area contributed by atoms with E-state index < -0.39 is 20.7 Å². The van der Waals surface area contributed by atoms with Crippen molar-refractivity contribution < 1.29 is 8.42 Å². The highest BCUT2D eigenvalue weighted by Crippen LogP contribution is 2.56. The van der Waals surface area contributed by atoms with Crippen molar-refractivity contribution in [3.8, 4) is 0 Å². The first-order chi connectivity index (χ1) is 11.4. The van der Waals surface area contributed by atoms with Gasteiger partial charge in [-0.05, 0) is 25.3 Å². The summed E-state index contributed by atoms with van der Waals surface area (Å²) in [4.78, 5) is 22.4. The van der Waals surface area contributed by atoms with Crippen LogP contribution in [0.15, 0.2) is 55.2 Å². The third kappa shape index (κ3) is 2.80. The second kappa shape index (κ2) is 6.38. The third-order valence-corrected chi connectivity index (χ3v) is 8.60. The topological polar surface area (TPSA) is 81.4 Å². The van der Waals surface area contributed by atoms with E-state index in [4.69, 9.17) is 0 Å². The lowest BCUT2D eigenvalue weighted by atomic mass is 10.4. The molecule has 1 aliphatic heterocycles. The molecule has 128 valence electrons. The van der Waals surface area contributed by atoms with E-state index in [0.717, 1.165) is 4.38 Å². The molecule has 1 atom stereocenters. The van der Waals surface area contributed by atoms with E-state index in [-0.39, 0.29) is 10.5 Å². The van der Waals surface area contributed by atoms with Gasteiger partial charge in [-0.25, -0.2) is 18.4 Å². The first-order valence-corrected chi connectivity index (χ1v) is 11.7. The molecule has 1 aliphatic rings. The van der Waals surface area contributed by atoms with Crippen LogP contribution in [0.2, 0.25) is 0 Å².